The Bertz CT molecular complexity index is 690. The Labute approximate surface area is 205 Å². The third-order valence-electron chi connectivity index (χ3n) is 5.65. The molecule has 7 heteroatoms. The molecule has 1 aliphatic heterocycles. The molecule has 6 nitrogen and oxygen atoms in total. The van der Waals surface area contributed by atoms with Gasteiger partial charge in [0.05, 0.1) is 12.1 Å². The lowest BCUT2D eigenvalue weighted by Crippen LogP contribution is -2.41. The quantitative estimate of drug-likeness (QED) is 0.171. The first-order valence-electron chi connectivity index (χ1n) is 11.6. The van der Waals surface area contributed by atoms with Crippen LogP contribution >= 0.6 is 24.0 Å². The number of nitrogens with one attached hydrogen (secondary N) is 2. The molecule has 0 fully saturated rings. The van der Waals surface area contributed by atoms with Crippen LogP contribution in [-0.4, -0.2) is 53.7 Å². The molecule has 0 spiro atoms. The monoisotopic (exact) mass is 544 g/mol. The lowest BCUT2D eigenvalue weighted by Gasteiger charge is -2.29. The Morgan fingerprint density at radius 1 is 1.13 bits per heavy atom. The van der Waals surface area contributed by atoms with Crippen LogP contribution in [0, 0.1) is 0 Å². The van der Waals surface area contributed by atoms with Gasteiger partial charge in [0.1, 0.15) is 0 Å². The van der Waals surface area contributed by atoms with Crippen LogP contribution in [0.1, 0.15) is 70.4 Å². The third kappa shape index (κ3) is 9.35. The van der Waals surface area contributed by atoms with E-state index in [2.05, 4.69) is 47.7 Å². The number of halogens is 1. The van der Waals surface area contributed by atoms with Gasteiger partial charge in [0.2, 0.25) is 5.91 Å². The predicted octanol–water partition coefficient (Wildman–Crippen LogP) is 3.86. The van der Waals surface area contributed by atoms with Gasteiger partial charge < -0.3 is 20.6 Å². The highest BCUT2D eigenvalue weighted by atomic mass is 127. The summed E-state index contributed by atoms with van der Waals surface area (Å²) in [6.45, 7) is 9.58. The minimum absolute atomic E-state index is 0. The van der Waals surface area contributed by atoms with E-state index in [-0.39, 0.29) is 29.9 Å². The van der Waals surface area contributed by atoms with Crippen LogP contribution in [0.3, 0.4) is 0 Å². The summed E-state index contributed by atoms with van der Waals surface area (Å²) in [7, 11) is 0. The maximum Gasteiger partial charge on any atom is 0.222 e. The summed E-state index contributed by atoms with van der Waals surface area (Å²) in [6.07, 6.45) is 5.64. The molecule has 0 aliphatic carbocycles. The molecule has 1 amide bonds. The van der Waals surface area contributed by atoms with Crippen LogP contribution in [-0.2, 0) is 17.8 Å². The van der Waals surface area contributed by atoms with Gasteiger partial charge in [-0.05, 0) is 43.7 Å². The first kappa shape index (κ1) is 27.7. The fourth-order valence-corrected chi connectivity index (χ4v) is 4.09. The van der Waals surface area contributed by atoms with E-state index in [4.69, 9.17) is 0 Å². The number of amides is 1. The molecule has 0 aromatic heterocycles. The van der Waals surface area contributed by atoms with Gasteiger partial charge in [0.15, 0.2) is 5.96 Å². The number of hydrogen-bond acceptors (Lipinski definition) is 3. The first-order chi connectivity index (χ1) is 14.5. The van der Waals surface area contributed by atoms with Crippen LogP contribution in [0.15, 0.2) is 29.3 Å². The number of rotatable bonds is 11. The molecule has 0 unspecified atom stereocenters. The Kier molecular flexibility index (Phi) is 13.1. The topological polar surface area (TPSA) is 77.0 Å². The molecule has 31 heavy (non-hydrogen) atoms. The number of nitrogens with zero attached hydrogens (tertiary/aromatic N) is 2. The second-order valence-corrected chi connectivity index (χ2v) is 8.28. The normalized spacial score (nSPS) is 13.9. The average Bonchev–Trinajstić information content (AvgIpc) is 2.74. The van der Waals surface area contributed by atoms with Crippen molar-refractivity contribution < 1.29 is 9.90 Å². The zero-order chi connectivity index (χ0) is 21.8. The summed E-state index contributed by atoms with van der Waals surface area (Å²) >= 11 is 0. The molecule has 1 aromatic carbocycles. The molecule has 3 N–H and O–H groups in total. The van der Waals surface area contributed by atoms with Gasteiger partial charge in [-0.3, -0.25) is 9.79 Å². The molecule has 1 aliphatic rings. The molecular weight excluding hydrogens is 503 g/mol. The van der Waals surface area contributed by atoms with Crippen LogP contribution in [0.2, 0.25) is 0 Å². The van der Waals surface area contributed by atoms with E-state index >= 15 is 0 Å². The molecule has 0 bridgehead atoms. The Hall–Kier alpha value is -1.35. The number of aliphatic imine (C=N–C) groups is 1. The number of carbonyl (C=O) groups excluding carboxylic acids is 1. The van der Waals surface area contributed by atoms with Crippen LogP contribution < -0.4 is 10.6 Å². The van der Waals surface area contributed by atoms with E-state index in [9.17, 15) is 9.90 Å². The van der Waals surface area contributed by atoms with Gasteiger partial charge in [-0.1, -0.05) is 51.0 Å². The van der Waals surface area contributed by atoms with Crippen LogP contribution in [0.4, 0.5) is 0 Å². The van der Waals surface area contributed by atoms with Gasteiger partial charge >= 0.3 is 0 Å². The highest BCUT2D eigenvalue weighted by Gasteiger charge is 2.24. The molecule has 1 aromatic rings. The van der Waals surface area contributed by atoms with Crippen LogP contribution in [0.5, 0.6) is 0 Å². The van der Waals surface area contributed by atoms with Crippen molar-refractivity contribution in [2.75, 3.05) is 26.2 Å². The van der Waals surface area contributed by atoms with E-state index in [1.54, 1.807) is 0 Å². The van der Waals surface area contributed by atoms with Crippen molar-refractivity contribution in [1.29, 1.82) is 0 Å². The highest BCUT2D eigenvalue weighted by molar-refractivity contribution is 14.0. The summed E-state index contributed by atoms with van der Waals surface area (Å²) in [4.78, 5) is 19.2. The molecule has 0 radical (unpaired) electrons. The van der Waals surface area contributed by atoms with Gasteiger partial charge in [-0.25, -0.2) is 0 Å². The summed E-state index contributed by atoms with van der Waals surface area (Å²) in [6, 6.07) is 8.38. The SMILES string of the molecule is CCCC(O)(CCC)CN=C(NCC)NCCCC(=O)N1CCc2ccccc2C1.I. The van der Waals surface area contributed by atoms with E-state index in [0.29, 0.717) is 25.5 Å². The van der Waals surface area contributed by atoms with Gasteiger partial charge in [-0.15, -0.1) is 24.0 Å². The van der Waals surface area contributed by atoms with E-state index in [1.807, 2.05) is 17.9 Å². The van der Waals surface area contributed by atoms with Crippen LogP contribution in [0.25, 0.3) is 0 Å². The maximum atomic E-state index is 12.6. The fourth-order valence-electron chi connectivity index (χ4n) is 4.09. The van der Waals surface area contributed by atoms with Crippen molar-refractivity contribution >= 4 is 35.8 Å². The van der Waals surface area contributed by atoms with Crippen molar-refractivity contribution in [1.82, 2.24) is 15.5 Å². The summed E-state index contributed by atoms with van der Waals surface area (Å²) in [5, 5.41) is 17.3. The minimum Gasteiger partial charge on any atom is -0.388 e. The first-order valence-corrected chi connectivity index (χ1v) is 11.6. The Morgan fingerprint density at radius 2 is 1.81 bits per heavy atom. The zero-order valence-corrected chi connectivity index (χ0v) is 21.8. The van der Waals surface area contributed by atoms with Gasteiger partial charge in [0, 0.05) is 32.6 Å². The number of carbonyl (C=O) groups is 1. The lowest BCUT2D eigenvalue weighted by molar-refractivity contribution is -0.132. The van der Waals surface area contributed by atoms with Crippen molar-refractivity contribution in [2.24, 2.45) is 4.99 Å². The van der Waals surface area contributed by atoms with E-state index in [1.165, 1.54) is 11.1 Å². The van der Waals surface area contributed by atoms with E-state index in [0.717, 1.165) is 58.2 Å². The Balaban J connectivity index is 0.00000480. The van der Waals surface area contributed by atoms with Crippen molar-refractivity contribution in [3.05, 3.63) is 35.4 Å². The molecule has 176 valence electrons. The standard InChI is InChI=1S/C24H40N4O2.HI/c1-4-14-24(30,15-5-2)19-27-23(25-6-3)26-16-9-12-22(29)28-17-13-20-10-7-8-11-21(20)18-28;/h7-8,10-11,30H,4-6,9,12-19H2,1-3H3,(H2,25,26,27);1H. The maximum absolute atomic E-state index is 12.6. The molecule has 0 saturated heterocycles. The fraction of sp³-hybridized carbons (Fsp3) is 0.667. The molecular formula is C24H41IN4O2. The molecule has 0 saturated carbocycles. The smallest absolute Gasteiger partial charge is 0.222 e. The summed E-state index contributed by atoms with van der Waals surface area (Å²) < 4.78 is 0. The van der Waals surface area contributed by atoms with Gasteiger partial charge in [0.25, 0.3) is 0 Å². The number of fused-ring (bicyclic) bond motifs is 1. The second-order valence-electron chi connectivity index (χ2n) is 8.28. The third-order valence-corrected chi connectivity index (χ3v) is 5.65. The van der Waals surface area contributed by atoms with Gasteiger partial charge in [-0.2, -0.15) is 0 Å². The number of guanidine groups is 1. The summed E-state index contributed by atoms with van der Waals surface area (Å²) in [5.74, 6) is 0.927. The lowest BCUT2D eigenvalue weighted by atomic mass is 9.93. The Morgan fingerprint density at radius 3 is 2.45 bits per heavy atom. The van der Waals surface area contributed by atoms with Crippen molar-refractivity contribution in [2.45, 2.75) is 77.9 Å². The van der Waals surface area contributed by atoms with E-state index < -0.39 is 5.60 Å². The predicted molar refractivity (Wildman–Crippen MR) is 139 cm³/mol. The number of aliphatic hydroxyl groups is 1. The molecule has 2 rings (SSSR count). The second kappa shape index (κ2) is 14.7. The van der Waals surface area contributed by atoms with Crippen molar-refractivity contribution in [3.63, 3.8) is 0 Å². The number of benzene rings is 1. The molecule has 0 atom stereocenters. The molecule has 1 heterocycles. The minimum atomic E-state index is -0.730. The zero-order valence-electron chi connectivity index (χ0n) is 19.5. The average molecular weight is 545 g/mol. The largest absolute Gasteiger partial charge is 0.388 e. The summed E-state index contributed by atoms with van der Waals surface area (Å²) in [5.41, 5.74) is 1.90. The van der Waals surface area contributed by atoms with Crippen molar-refractivity contribution in [3.8, 4) is 0 Å². The number of hydrogen-bond donors (Lipinski definition) is 3. The highest BCUT2D eigenvalue weighted by Crippen LogP contribution is 2.20.